The lowest BCUT2D eigenvalue weighted by Gasteiger charge is -2.04. The van der Waals surface area contributed by atoms with Crippen molar-refractivity contribution >= 4 is 30.0 Å². The summed E-state index contributed by atoms with van der Waals surface area (Å²) in [6.07, 6.45) is 0.597. The van der Waals surface area contributed by atoms with Gasteiger partial charge in [0.05, 0.1) is 10.6 Å². The molecule has 0 unspecified atom stereocenters. The number of carboxylic acids is 1. The summed E-state index contributed by atoms with van der Waals surface area (Å²) >= 11 is 5.85. The molecule has 0 atom stereocenters. The van der Waals surface area contributed by atoms with Crippen molar-refractivity contribution in [3.05, 3.63) is 34.3 Å². The van der Waals surface area contributed by atoms with E-state index in [1.807, 2.05) is 0 Å². The Labute approximate surface area is 93.3 Å². The molecule has 0 aliphatic carbocycles. The lowest BCUT2D eigenvalue weighted by atomic mass is 10.1. The fourth-order valence-corrected chi connectivity index (χ4v) is 1.39. The van der Waals surface area contributed by atoms with E-state index in [2.05, 4.69) is 0 Å². The van der Waals surface area contributed by atoms with E-state index >= 15 is 0 Å². The second-order valence-corrected chi connectivity index (χ2v) is 3.00. The summed E-state index contributed by atoms with van der Waals surface area (Å²) in [6, 6.07) is 4.92. The molecule has 0 saturated carbocycles. The molecule has 0 spiro atoms. The van der Waals surface area contributed by atoms with Gasteiger partial charge in [-0.05, 0) is 24.6 Å². The molecule has 0 fully saturated rings. The Hall–Kier alpha value is -0.770. The van der Waals surface area contributed by atoms with Crippen LogP contribution in [0.4, 0.5) is 0 Å². The Balaban J connectivity index is 0.00000169. The Morgan fingerprint density at radius 1 is 1.50 bits per heavy atom. The van der Waals surface area contributed by atoms with Crippen LogP contribution in [-0.2, 0) is 6.42 Å². The Bertz CT molecular complexity index is 329. The molecule has 3 nitrogen and oxygen atoms in total. The van der Waals surface area contributed by atoms with Crippen molar-refractivity contribution in [3.8, 4) is 0 Å². The standard InChI is InChI=1S/C9H10ClNO2.ClH/c10-8-6(4-5-11)2-1-3-7(8)9(12)13;/h1-3H,4-5,11H2,(H,12,13);1H. The predicted octanol–water partition coefficient (Wildman–Crippen LogP) is 1.96. The number of halogens is 2. The molecule has 5 heteroatoms. The molecule has 0 saturated heterocycles. The molecule has 0 radical (unpaired) electrons. The third kappa shape index (κ3) is 2.87. The smallest absolute Gasteiger partial charge is 0.337 e. The third-order valence-electron chi connectivity index (χ3n) is 1.72. The molecule has 3 N–H and O–H groups in total. The van der Waals surface area contributed by atoms with Crippen molar-refractivity contribution < 1.29 is 9.90 Å². The van der Waals surface area contributed by atoms with Crippen molar-refractivity contribution in [3.63, 3.8) is 0 Å². The summed E-state index contributed by atoms with van der Waals surface area (Å²) in [7, 11) is 0. The van der Waals surface area contributed by atoms with Gasteiger partial charge in [-0.25, -0.2) is 4.79 Å². The Kier molecular flexibility index (Phi) is 5.53. The zero-order valence-electron chi connectivity index (χ0n) is 7.37. The van der Waals surface area contributed by atoms with Crippen LogP contribution in [0.2, 0.25) is 5.02 Å². The van der Waals surface area contributed by atoms with Crippen LogP contribution in [0.15, 0.2) is 18.2 Å². The number of carbonyl (C=O) groups is 1. The van der Waals surface area contributed by atoms with E-state index in [4.69, 9.17) is 22.4 Å². The Morgan fingerprint density at radius 2 is 2.14 bits per heavy atom. The number of hydrogen-bond acceptors (Lipinski definition) is 2. The maximum atomic E-state index is 10.7. The highest BCUT2D eigenvalue weighted by Gasteiger charge is 2.10. The number of nitrogens with two attached hydrogens (primary N) is 1. The first-order valence-corrected chi connectivity index (χ1v) is 4.25. The molecular weight excluding hydrogens is 225 g/mol. The minimum absolute atomic E-state index is 0. The number of hydrogen-bond donors (Lipinski definition) is 2. The number of aromatic carboxylic acids is 1. The van der Waals surface area contributed by atoms with Crippen LogP contribution in [0, 0.1) is 0 Å². The molecule has 1 aromatic carbocycles. The van der Waals surface area contributed by atoms with Gasteiger partial charge in [0.1, 0.15) is 0 Å². The van der Waals surface area contributed by atoms with E-state index in [0.717, 1.165) is 5.56 Å². The summed E-state index contributed by atoms with van der Waals surface area (Å²) in [6.45, 7) is 0.461. The maximum absolute atomic E-state index is 10.7. The molecule has 0 bridgehead atoms. The third-order valence-corrected chi connectivity index (χ3v) is 2.17. The van der Waals surface area contributed by atoms with Crippen molar-refractivity contribution in [1.29, 1.82) is 0 Å². The zero-order chi connectivity index (χ0) is 9.84. The number of rotatable bonds is 3. The van der Waals surface area contributed by atoms with Gasteiger partial charge >= 0.3 is 5.97 Å². The highest BCUT2D eigenvalue weighted by atomic mass is 35.5. The molecule has 0 aliphatic rings. The van der Waals surface area contributed by atoms with Gasteiger partial charge < -0.3 is 10.8 Å². The summed E-state index contributed by atoms with van der Waals surface area (Å²) < 4.78 is 0. The van der Waals surface area contributed by atoms with Crippen molar-refractivity contribution in [2.24, 2.45) is 5.73 Å². The van der Waals surface area contributed by atoms with Gasteiger partial charge in [-0.15, -0.1) is 12.4 Å². The SMILES string of the molecule is Cl.NCCc1cccc(C(=O)O)c1Cl. The van der Waals surface area contributed by atoms with Crippen LogP contribution in [-0.4, -0.2) is 17.6 Å². The topological polar surface area (TPSA) is 63.3 Å². The first kappa shape index (κ1) is 13.2. The fraction of sp³-hybridized carbons (Fsp3) is 0.222. The number of carboxylic acid groups (broad SMARTS) is 1. The molecular formula is C9H11Cl2NO2. The van der Waals surface area contributed by atoms with E-state index in [1.54, 1.807) is 12.1 Å². The highest BCUT2D eigenvalue weighted by Crippen LogP contribution is 2.21. The van der Waals surface area contributed by atoms with Gasteiger partial charge in [-0.2, -0.15) is 0 Å². The molecule has 0 amide bonds. The maximum Gasteiger partial charge on any atom is 0.337 e. The van der Waals surface area contributed by atoms with Gasteiger partial charge in [0.2, 0.25) is 0 Å². The van der Waals surface area contributed by atoms with E-state index < -0.39 is 5.97 Å². The second-order valence-electron chi connectivity index (χ2n) is 2.62. The summed E-state index contributed by atoms with van der Waals surface area (Å²) in [5.41, 5.74) is 6.26. The summed E-state index contributed by atoms with van der Waals surface area (Å²) in [4.78, 5) is 10.7. The predicted molar refractivity (Wildman–Crippen MR) is 58.4 cm³/mol. The highest BCUT2D eigenvalue weighted by molar-refractivity contribution is 6.34. The van der Waals surface area contributed by atoms with Crippen molar-refractivity contribution in [2.45, 2.75) is 6.42 Å². The van der Waals surface area contributed by atoms with Crippen LogP contribution in [0.1, 0.15) is 15.9 Å². The quantitative estimate of drug-likeness (QED) is 0.843. The van der Waals surface area contributed by atoms with Gasteiger partial charge in [0.25, 0.3) is 0 Å². The van der Waals surface area contributed by atoms with E-state index in [-0.39, 0.29) is 18.0 Å². The van der Waals surface area contributed by atoms with Crippen LogP contribution >= 0.6 is 24.0 Å². The lowest BCUT2D eigenvalue weighted by molar-refractivity contribution is 0.0697. The molecule has 1 rings (SSSR count). The van der Waals surface area contributed by atoms with E-state index in [0.29, 0.717) is 18.0 Å². The molecule has 78 valence electrons. The minimum Gasteiger partial charge on any atom is -0.478 e. The average molecular weight is 236 g/mol. The monoisotopic (exact) mass is 235 g/mol. The largest absolute Gasteiger partial charge is 0.478 e. The van der Waals surface area contributed by atoms with Crippen LogP contribution in [0.5, 0.6) is 0 Å². The Morgan fingerprint density at radius 3 is 2.64 bits per heavy atom. The zero-order valence-corrected chi connectivity index (χ0v) is 8.94. The average Bonchev–Trinajstić information content (AvgIpc) is 2.08. The van der Waals surface area contributed by atoms with Gasteiger partial charge in [0.15, 0.2) is 0 Å². The normalized spacial score (nSPS) is 9.29. The van der Waals surface area contributed by atoms with Crippen LogP contribution < -0.4 is 5.73 Å². The van der Waals surface area contributed by atoms with E-state index in [1.165, 1.54) is 6.07 Å². The van der Waals surface area contributed by atoms with Crippen LogP contribution in [0.3, 0.4) is 0 Å². The van der Waals surface area contributed by atoms with Crippen molar-refractivity contribution in [2.75, 3.05) is 6.54 Å². The first-order chi connectivity index (χ1) is 6.16. The molecule has 14 heavy (non-hydrogen) atoms. The van der Waals surface area contributed by atoms with Gasteiger partial charge in [0, 0.05) is 0 Å². The number of benzene rings is 1. The molecule has 1 aromatic rings. The first-order valence-electron chi connectivity index (χ1n) is 3.87. The fourth-order valence-electron chi connectivity index (χ4n) is 1.09. The minimum atomic E-state index is -1.01. The molecule has 0 aromatic heterocycles. The lowest BCUT2D eigenvalue weighted by Crippen LogP contribution is -2.05. The van der Waals surface area contributed by atoms with Gasteiger partial charge in [-0.3, -0.25) is 0 Å². The molecule has 0 heterocycles. The summed E-state index contributed by atoms with van der Waals surface area (Å²) in [5, 5.41) is 9.03. The molecule has 0 aliphatic heterocycles. The second kappa shape index (κ2) is 5.86. The summed E-state index contributed by atoms with van der Waals surface area (Å²) in [5.74, 6) is -1.01. The van der Waals surface area contributed by atoms with Crippen LogP contribution in [0.25, 0.3) is 0 Å². The van der Waals surface area contributed by atoms with Gasteiger partial charge in [-0.1, -0.05) is 23.7 Å². The van der Waals surface area contributed by atoms with Crippen molar-refractivity contribution in [1.82, 2.24) is 0 Å². The van der Waals surface area contributed by atoms with E-state index in [9.17, 15) is 4.79 Å².